The van der Waals surface area contributed by atoms with Gasteiger partial charge in [0.1, 0.15) is 6.33 Å². The summed E-state index contributed by atoms with van der Waals surface area (Å²) in [5.74, 6) is 0.628. The second kappa shape index (κ2) is 18.9. The van der Waals surface area contributed by atoms with Gasteiger partial charge in [-0.25, -0.2) is 14.4 Å². The molecule has 0 bridgehead atoms. The minimum Gasteiger partial charge on any atom is -0.403 e. The van der Waals surface area contributed by atoms with Gasteiger partial charge in [-0.2, -0.15) is 0 Å². The molecule has 1 rings (SSSR count). The zero-order valence-electron chi connectivity index (χ0n) is 18.8. The van der Waals surface area contributed by atoms with Gasteiger partial charge in [0.05, 0.1) is 13.2 Å². The summed E-state index contributed by atoms with van der Waals surface area (Å²) >= 11 is 0. The number of rotatable bonds is 12. The van der Waals surface area contributed by atoms with Gasteiger partial charge in [-0.05, 0) is 32.3 Å². The molecule has 0 saturated heterocycles. The van der Waals surface area contributed by atoms with Crippen molar-refractivity contribution in [3.63, 3.8) is 0 Å². The summed E-state index contributed by atoms with van der Waals surface area (Å²) in [6, 6.07) is 1.74. The maximum absolute atomic E-state index is 12.4. The van der Waals surface area contributed by atoms with Crippen molar-refractivity contribution in [2.24, 2.45) is 11.7 Å². The highest BCUT2D eigenvalue weighted by molar-refractivity contribution is 5.96. The Labute approximate surface area is 185 Å². The third kappa shape index (κ3) is 15.4. The van der Waals surface area contributed by atoms with Crippen LogP contribution in [0.4, 0.5) is 4.39 Å². The number of nitrogens with one attached hydrogen (secondary N) is 1. The van der Waals surface area contributed by atoms with E-state index in [1.807, 2.05) is 32.1 Å². The Balaban J connectivity index is 0.00000206. The fourth-order valence-corrected chi connectivity index (χ4v) is 2.36. The second-order valence-corrected chi connectivity index (χ2v) is 6.68. The molecule has 0 saturated carbocycles. The molecule has 0 spiro atoms. The van der Waals surface area contributed by atoms with Crippen LogP contribution in [0.2, 0.25) is 0 Å². The molecule has 1 heterocycles. The Hall–Kier alpha value is -3.06. The lowest BCUT2D eigenvalue weighted by atomic mass is 10.0. The minimum absolute atomic E-state index is 0.168. The number of allylic oxidation sites excluding steroid dienone is 5. The standard InChI is InChI=1S/C22H31N3O2.C2H4FN/c1-5-7-14-27-17-19(9-6-2)16-25-21(26)15-20(11-10-18(3)4)22-23-12-8-13-24-22;3-1-2-4/h5,7-8,10-13,15,19H,3,6,9,14,16-17H2,1-2,4H3,(H,25,26);1-2H,4H2/b7-5-,11-10-,20-15-;2-1+/t19-;/m1./s1. The molecule has 1 aromatic rings. The lowest BCUT2D eigenvalue weighted by molar-refractivity contribution is -0.116. The van der Waals surface area contributed by atoms with Gasteiger partial charge in [0, 0.05) is 36.8 Å². The molecule has 31 heavy (non-hydrogen) atoms. The number of nitrogens with zero attached hydrogens (tertiary/aromatic N) is 2. The number of hydrogen-bond acceptors (Lipinski definition) is 5. The van der Waals surface area contributed by atoms with Crippen LogP contribution in [0.25, 0.3) is 5.57 Å². The first-order valence-electron chi connectivity index (χ1n) is 10.2. The van der Waals surface area contributed by atoms with Crippen LogP contribution in [-0.4, -0.2) is 35.6 Å². The molecular weight excluding hydrogens is 395 g/mol. The van der Waals surface area contributed by atoms with E-state index in [1.165, 1.54) is 6.08 Å². The van der Waals surface area contributed by atoms with Crippen LogP contribution in [-0.2, 0) is 9.53 Å². The van der Waals surface area contributed by atoms with E-state index in [0.29, 0.717) is 37.1 Å². The maximum atomic E-state index is 12.4. The average Bonchev–Trinajstić information content (AvgIpc) is 2.78. The predicted molar refractivity (Wildman–Crippen MR) is 125 cm³/mol. The third-order valence-corrected chi connectivity index (χ3v) is 3.80. The van der Waals surface area contributed by atoms with Crippen LogP contribution in [0, 0.1) is 5.92 Å². The second-order valence-electron chi connectivity index (χ2n) is 6.68. The summed E-state index contributed by atoms with van der Waals surface area (Å²) in [5.41, 5.74) is 6.01. The van der Waals surface area contributed by atoms with Crippen molar-refractivity contribution in [3.8, 4) is 0 Å². The molecule has 0 radical (unpaired) electrons. The number of amides is 1. The molecule has 1 aromatic heterocycles. The quantitative estimate of drug-likeness (QED) is 0.220. The largest absolute Gasteiger partial charge is 0.403 e. The number of nitrogens with two attached hydrogens (primary N) is 1. The normalized spacial score (nSPS) is 12.7. The number of carbonyl (C=O) groups is 1. The summed E-state index contributed by atoms with van der Waals surface area (Å²) < 4.78 is 16.1. The fourth-order valence-electron chi connectivity index (χ4n) is 2.36. The predicted octanol–water partition coefficient (Wildman–Crippen LogP) is 4.50. The molecule has 0 aromatic carbocycles. The number of hydrogen-bond donors (Lipinski definition) is 2. The van der Waals surface area contributed by atoms with Crippen molar-refractivity contribution in [1.82, 2.24) is 15.3 Å². The van der Waals surface area contributed by atoms with Crippen molar-refractivity contribution >= 4 is 11.5 Å². The van der Waals surface area contributed by atoms with E-state index >= 15 is 0 Å². The first kappa shape index (κ1) is 27.9. The minimum atomic E-state index is -0.168. The lowest BCUT2D eigenvalue weighted by Crippen LogP contribution is -2.30. The van der Waals surface area contributed by atoms with E-state index in [-0.39, 0.29) is 12.2 Å². The summed E-state index contributed by atoms with van der Waals surface area (Å²) in [6.45, 7) is 11.7. The molecule has 6 nitrogen and oxygen atoms in total. The van der Waals surface area contributed by atoms with Crippen molar-refractivity contribution in [1.29, 1.82) is 0 Å². The topological polar surface area (TPSA) is 90.1 Å². The van der Waals surface area contributed by atoms with Crippen molar-refractivity contribution < 1.29 is 13.9 Å². The summed E-state index contributed by atoms with van der Waals surface area (Å²) in [5, 5.41) is 2.97. The fraction of sp³-hybridized carbons (Fsp3) is 0.375. The van der Waals surface area contributed by atoms with Crippen molar-refractivity contribution in [2.75, 3.05) is 19.8 Å². The van der Waals surface area contributed by atoms with Gasteiger partial charge in [-0.15, -0.1) is 0 Å². The molecule has 1 atom stereocenters. The van der Waals surface area contributed by atoms with Crippen LogP contribution >= 0.6 is 0 Å². The summed E-state index contributed by atoms with van der Waals surface area (Å²) in [6.07, 6.45) is 15.6. The number of carbonyl (C=O) groups excluding carboxylic acids is 1. The van der Waals surface area contributed by atoms with Crippen molar-refractivity contribution in [3.05, 3.63) is 79.3 Å². The molecule has 170 valence electrons. The van der Waals surface area contributed by atoms with E-state index in [9.17, 15) is 9.18 Å². The summed E-state index contributed by atoms with van der Waals surface area (Å²) in [4.78, 5) is 20.9. The van der Waals surface area contributed by atoms with Gasteiger partial charge in [-0.1, -0.05) is 49.8 Å². The average molecular weight is 431 g/mol. The SMILES string of the molecule is C=C(C)/C=C\C(=C\C(=O)NC[C@@H](CCC)COC/C=C\C)c1ncccn1.N/C=C/F. The van der Waals surface area contributed by atoms with Crippen LogP contribution in [0.1, 0.15) is 39.4 Å². The monoisotopic (exact) mass is 430 g/mol. The zero-order valence-corrected chi connectivity index (χ0v) is 18.8. The smallest absolute Gasteiger partial charge is 0.244 e. The van der Waals surface area contributed by atoms with Crippen LogP contribution in [0.3, 0.4) is 0 Å². The molecule has 0 aliphatic carbocycles. The zero-order chi connectivity index (χ0) is 23.3. The Kier molecular flexibility index (Phi) is 17.1. The Morgan fingerprint density at radius 2 is 2.03 bits per heavy atom. The maximum Gasteiger partial charge on any atom is 0.244 e. The van der Waals surface area contributed by atoms with Gasteiger partial charge in [0.15, 0.2) is 5.82 Å². The molecular formula is C24H35FN4O2. The molecule has 1 amide bonds. The molecule has 7 heteroatoms. The lowest BCUT2D eigenvalue weighted by Gasteiger charge is -2.16. The number of aromatic nitrogens is 2. The highest BCUT2D eigenvalue weighted by atomic mass is 19.1. The Bertz CT molecular complexity index is 739. The van der Waals surface area contributed by atoms with Gasteiger partial charge in [0.25, 0.3) is 0 Å². The van der Waals surface area contributed by atoms with E-state index in [2.05, 4.69) is 34.5 Å². The van der Waals surface area contributed by atoms with Crippen LogP contribution < -0.4 is 11.1 Å². The van der Waals surface area contributed by atoms with E-state index < -0.39 is 0 Å². The van der Waals surface area contributed by atoms with Gasteiger partial charge in [-0.3, -0.25) is 4.79 Å². The van der Waals surface area contributed by atoms with Gasteiger partial charge < -0.3 is 15.8 Å². The molecule has 0 unspecified atom stereocenters. The molecule has 0 aliphatic heterocycles. The Morgan fingerprint density at radius 3 is 2.58 bits per heavy atom. The van der Waals surface area contributed by atoms with E-state index in [4.69, 9.17) is 4.74 Å². The molecule has 0 fully saturated rings. The van der Waals surface area contributed by atoms with Gasteiger partial charge in [0.2, 0.25) is 5.91 Å². The highest BCUT2D eigenvalue weighted by Crippen LogP contribution is 2.12. The van der Waals surface area contributed by atoms with E-state index in [0.717, 1.165) is 24.6 Å². The van der Waals surface area contributed by atoms with Gasteiger partial charge >= 0.3 is 0 Å². The molecule has 3 N–H and O–H groups in total. The first-order valence-corrected chi connectivity index (χ1v) is 10.2. The Morgan fingerprint density at radius 1 is 1.35 bits per heavy atom. The van der Waals surface area contributed by atoms with E-state index in [1.54, 1.807) is 24.5 Å². The number of halogens is 1. The van der Waals surface area contributed by atoms with Crippen LogP contribution in [0.5, 0.6) is 0 Å². The number of ether oxygens (including phenoxy) is 1. The van der Waals surface area contributed by atoms with Crippen LogP contribution in [0.15, 0.2) is 73.5 Å². The summed E-state index contributed by atoms with van der Waals surface area (Å²) in [7, 11) is 0. The van der Waals surface area contributed by atoms with Crippen molar-refractivity contribution in [2.45, 2.75) is 33.6 Å². The highest BCUT2D eigenvalue weighted by Gasteiger charge is 2.10. The molecule has 0 aliphatic rings. The third-order valence-electron chi connectivity index (χ3n) is 3.80. The first-order chi connectivity index (χ1) is 15.0.